The summed E-state index contributed by atoms with van der Waals surface area (Å²) in [5, 5.41) is 19.1. The Bertz CT molecular complexity index is 648. The molecule has 1 saturated heterocycles. The Kier molecular flexibility index (Phi) is 4.60. The summed E-state index contributed by atoms with van der Waals surface area (Å²) >= 11 is 0. The number of aliphatic carboxylic acids is 1. The van der Waals surface area contributed by atoms with Crippen LogP contribution in [0.25, 0.3) is 0 Å². The number of likely N-dealkylation sites (tertiary alicyclic amines) is 1. The predicted molar refractivity (Wildman–Crippen MR) is 88.7 cm³/mol. The number of aliphatic hydroxyl groups is 1. The van der Waals surface area contributed by atoms with Crippen LogP contribution in [0, 0.1) is 12.8 Å². The fourth-order valence-electron chi connectivity index (χ4n) is 3.76. The third-order valence-corrected chi connectivity index (χ3v) is 5.22. The van der Waals surface area contributed by atoms with E-state index in [1.165, 1.54) is 11.1 Å². The number of hydrogen-bond donors (Lipinski definition) is 2. The van der Waals surface area contributed by atoms with Crippen LogP contribution in [0.4, 0.5) is 0 Å². The van der Waals surface area contributed by atoms with Gasteiger partial charge in [-0.2, -0.15) is 0 Å². The van der Waals surface area contributed by atoms with Gasteiger partial charge < -0.3 is 15.1 Å². The molecular formula is C18H24N2O4. The van der Waals surface area contributed by atoms with Crippen molar-refractivity contribution >= 4 is 11.9 Å². The maximum Gasteiger partial charge on any atom is 0.317 e. The van der Waals surface area contributed by atoms with E-state index in [0.717, 1.165) is 6.42 Å². The second kappa shape index (κ2) is 6.53. The Labute approximate surface area is 141 Å². The van der Waals surface area contributed by atoms with Crippen molar-refractivity contribution in [3.8, 4) is 0 Å². The SMILES string of the molecule is Cc1ccccc1C1CC1C(=O)N1CC(N(C)CC(=O)O)[C@H](O)C1. The predicted octanol–water partition coefficient (Wildman–Crippen LogP) is 0.687. The molecule has 1 aliphatic heterocycles. The molecule has 3 rings (SSSR count). The monoisotopic (exact) mass is 332 g/mol. The van der Waals surface area contributed by atoms with Crippen LogP contribution >= 0.6 is 0 Å². The smallest absolute Gasteiger partial charge is 0.317 e. The Balaban J connectivity index is 1.61. The van der Waals surface area contributed by atoms with E-state index in [9.17, 15) is 14.7 Å². The second-order valence-electron chi connectivity index (χ2n) is 6.99. The van der Waals surface area contributed by atoms with Gasteiger partial charge in [0, 0.05) is 19.0 Å². The number of likely N-dealkylation sites (N-methyl/N-ethyl adjacent to an activating group) is 1. The quantitative estimate of drug-likeness (QED) is 0.829. The molecule has 1 amide bonds. The number of nitrogens with zero attached hydrogens (tertiary/aromatic N) is 2. The van der Waals surface area contributed by atoms with Crippen LogP contribution in [-0.4, -0.2) is 70.7 Å². The minimum Gasteiger partial charge on any atom is -0.480 e. The minimum absolute atomic E-state index is 0.0122. The molecule has 2 N–H and O–H groups in total. The van der Waals surface area contributed by atoms with Gasteiger partial charge in [-0.1, -0.05) is 24.3 Å². The molecule has 3 unspecified atom stereocenters. The standard InChI is InChI=1S/C18H24N2O4/c1-11-5-3-4-6-12(11)13-7-14(13)18(24)20-8-15(16(21)9-20)19(2)10-17(22)23/h3-6,13-16,21H,7-10H2,1-2H3,(H,22,23)/t13?,14?,15?,16-/m1/s1. The van der Waals surface area contributed by atoms with Gasteiger partial charge in [0.1, 0.15) is 0 Å². The molecule has 4 atom stereocenters. The van der Waals surface area contributed by atoms with Crippen LogP contribution in [0.3, 0.4) is 0 Å². The number of β-amino-alcohol motifs (C(OH)–C–C–N with tert-alkyl or cyclic N) is 1. The highest BCUT2D eigenvalue weighted by atomic mass is 16.4. The Morgan fingerprint density at radius 3 is 2.67 bits per heavy atom. The van der Waals surface area contributed by atoms with Gasteiger partial charge in [-0.15, -0.1) is 0 Å². The molecule has 2 aliphatic rings. The lowest BCUT2D eigenvalue weighted by molar-refractivity contribution is -0.138. The molecule has 1 saturated carbocycles. The number of carbonyl (C=O) groups is 2. The minimum atomic E-state index is -0.934. The third kappa shape index (κ3) is 3.30. The summed E-state index contributed by atoms with van der Waals surface area (Å²) in [6, 6.07) is 7.82. The normalized spacial score (nSPS) is 29.1. The molecule has 2 fully saturated rings. The van der Waals surface area contributed by atoms with Crippen LogP contribution < -0.4 is 0 Å². The van der Waals surface area contributed by atoms with Crippen LogP contribution in [0.15, 0.2) is 24.3 Å². The maximum absolute atomic E-state index is 12.7. The molecule has 1 aromatic rings. The fraction of sp³-hybridized carbons (Fsp3) is 0.556. The largest absolute Gasteiger partial charge is 0.480 e. The first-order valence-corrected chi connectivity index (χ1v) is 8.33. The summed E-state index contributed by atoms with van der Waals surface area (Å²) in [7, 11) is 1.67. The zero-order valence-electron chi connectivity index (χ0n) is 14.1. The lowest BCUT2D eigenvalue weighted by Gasteiger charge is -2.24. The number of carboxylic acid groups (broad SMARTS) is 1. The number of benzene rings is 1. The van der Waals surface area contributed by atoms with E-state index in [2.05, 4.69) is 19.1 Å². The topological polar surface area (TPSA) is 81.1 Å². The molecule has 0 radical (unpaired) electrons. The first kappa shape index (κ1) is 16.9. The van der Waals surface area contributed by atoms with Crippen molar-refractivity contribution in [2.75, 3.05) is 26.7 Å². The highest BCUT2D eigenvalue weighted by Gasteiger charge is 2.48. The number of carboxylic acids is 1. The molecule has 24 heavy (non-hydrogen) atoms. The van der Waals surface area contributed by atoms with Crippen LogP contribution in [0.1, 0.15) is 23.5 Å². The van der Waals surface area contributed by atoms with Crippen molar-refractivity contribution in [3.05, 3.63) is 35.4 Å². The van der Waals surface area contributed by atoms with E-state index in [1.807, 2.05) is 12.1 Å². The molecule has 1 aliphatic carbocycles. The van der Waals surface area contributed by atoms with Crippen molar-refractivity contribution in [1.29, 1.82) is 0 Å². The number of amides is 1. The molecule has 0 aromatic heterocycles. The Morgan fingerprint density at radius 1 is 1.29 bits per heavy atom. The van der Waals surface area contributed by atoms with Gasteiger partial charge in [0.15, 0.2) is 0 Å². The van der Waals surface area contributed by atoms with E-state index >= 15 is 0 Å². The molecule has 6 heteroatoms. The number of carbonyl (C=O) groups excluding carboxylic acids is 1. The van der Waals surface area contributed by atoms with Crippen molar-refractivity contribution in [2.45, 2.75) is 31.4 Å². The van der Waals surface area contributed by atoms with Gasteiger partial charge in [-0.3, -0.25) is 14.5 Å². The van der Waals surface area contributed by atoms with Crippen LogP contribution in [-0.2, 0) is 9.59 Å². The summed E-state index contributed by atoms with van der Waals surface area (Å²) in [5.74, 6) is -0.599. The first-order valence-electron chi connectivity index (χ1n) is 8.33. The second-order valence-corrected chi connectivity index (χ2v) is 6.99. The van der Waals surface area contributed by atoms with E-state index in [-0.39, 0.29) is 36.9 Å². The highest BCUT2D eigenvalue weighted by Crippen LogP contribution is 2.49. The van der Waals surface area contributed by atoms with E-state index < -0.39 is 12.1 Å². The zero-order chi connectivity index (χ0) is 17.4. The lowest BCUT2D eigenvalue weighted by atomic mass is 10.0. The Morgan fingerprint density at radius 2 is 2.00 bits per heavy atom. The van der Waals surface area contributed by atoms with E-state index in [1.54, 1.807) is 16.8 Å². The van der Waals surface area contributed by atoms with Gasteiger partial charge in [0.25, 0.3) is 0 Å². The zero-order valence-corrected chi connectivity index (χ0v) is 14.1. The first-order chi connectivity index (χ1) is 11.4. The molecule has 130 valence electrons. The average Bonchev–Trinajstić information content (AvgIpc) is 3.21. The summed E-state index contributed by atoms with van der Waals surface area (Å²) in [5.41, 5.74) is 2.44. The lowest BCUT2D eigenvalue weighted by Crippen LogP contribution is -2.43. The van der Waals surface area contributed by atoms with Crippen LogP contribution in [0.2, 0.25) is 0 Å². The summed E-state index contributed by atoms with van der Waals surface area (Å²) < 4.78 is 0. The van der Waals surface area contributed by atoms with Gasteiger partial charge in [-0.05, 0) is 37.4 Å². The number of aliphatic hydroxyl groups excluding tert-OH is 1. The molecule has 6 nitrogen and oxygen atoms in total. The molecular weight excluding hydrogens is 308 g/mol. The summed E-state index contributed by atoms with van der Waals surface area (Å²) in [6.07, 6.45) is 0.153. The van der Waals surface area contributed by atoms with Gasteiger partial charge >= 0.3 is 5.97 Å². The number of hydrogen-bond acceptors (Lipinski definition) is 4. The van der Waals surface area contributed by atoms with Crippen molar-refractivity contribution in [1.82, 2.24) is 9.80 Å². The molecule has 0 spiro atoms. The van der Waals surface area contributed by atoms with Gasteiger partial charge in [0.2, 0.25) is 5.91 Å². The molecule has 0 bridgehead atoms. The fourth-order valence-corrected chi connectivity index (χ4v) is 3.76. The molecule has 1 heterocycles. The van der Waals surface area contributed by atoms with Gasteiger partial charge in [-0.25, -0.2) is 0 Å². The highest BCUT2D eigenvalue weighted by molar-refractivity contribution is 5.83. The number of rotatable bonds is 5. The van der Waals surface area contributed by atoms with Gasteiger partial charge in [0.05, 0.1) is 18.7 Å². The third-order valence-electron chi connectivity index (χ3n) is 5.22. The number of aryl methyl sites for hydroxylation is 1. The van der Waals surface area contributed by atoms with Crippen LogP contribution in [0.5, 0.6) is 0 Å². The Hall–Kier alpha value is -1.92. The average molecular weight is 332 g/mol. The summed E-state index contributed by atoms with van der Waals surface area (Å²) in [6.45, 7) is 2.59. The van der Waals surface area contributed by atoms with Crippen molar-refractivity contribution in [2.24, 2.45) is 5.92 Å². The summed E-state index contributed by atoms with van der Waals surface area (Å²) in [4.78, 5) is 26.8. The maximum atomic E-state index is 12.7. The van der Waals surface area contributed by atoms with Crippen molar-refractivity contribution in [3.63, 3.8) is 0 Å². The molecule has 1 aromatic carbocycles. The van der Waals surface area contributed by atoms with E-state index in [0.29, 0.717) is 6.54 Å². The van der Waals surface area contributed by atoms with Crippen molar-refractivity contribution < 1.29 is 19.8 Å². The van der Waals surface area contributed by atoms with E-state index in [4.69, 9.17) is 5.11 Å².